The van der Waals surface area contributed by atoms with Crippen molar-refractivity contribution < 1.29 is 5.11 Å². The first-order chi connectivity index (χ1) is 9.19. The van der Waals surface area contributed by atoms with E-state index in [4.69, 9.17) is 11.6 Å². The first-order valence-electron chi connectivity index (χ1n) is 6.71. The lowest BCUT2D eigenvalue weighted by Gasteiger charge is -2.31. The maximum atomic E-state index is 10.8. The Morgan fingerprint density at radius 3 is 2.74 bits per heavy atom. The Labute approximate surface area is 117 Å². The summed E-state index contributed by atoms with van der Waals surface area (Å²) in [5.74, 6) is 0.731. The number of nitrogens with zero attached hydrogens (tertiary/aromatic N) is 2. The van der Waals surface area contributed by atoms with Crippen molar-refractivity contribution >= 4 is 11.6 Å². The normalized spacial score (nSPS) is 18.4. The van der Waals surface area contributed by atoms with Gasteiger partial charge >= 0.3 is 0 Å². The van der Waals surface area contributed by atoms with Gasteiger partial charge in [-0.2, -0.15) is 0 Å². The predicted octanol–water partition coefficient (Wildman–Crippen LogP) is 3.68. The second kappa shape index (κ2) is 4.99. The lowest BCUT2D eigenvalue weighted by molar-refractivity contribution is -0.0101. The van der Waals surface area contributed by atoms with Crippen molar-refractivity contribution in [3.8, 4) is 5.69 Å². The third kappa shape index (κ3) is 2.40. The number of aromatic nitrogens is 2. The minimum Gasteiger partial charge on any atom is -0.382 e. The minimum atomic E-state index is -0.802. The number of imidazole rings is 1. The van der Waals surface area contributed by atoms with Gasteiger partial charge in [0, 0.05) is 23.1 Å². The number of benzene rings is 1. The second-order valence-corrected chi connectivity index (χ2v) is 5.63. The van der Waals surface area contributed by atoms with Gasteiger partial charge in [0.2, 0.25) is 0 Å². The predicted molar refractivity (Wildman–Crippen MR) is 75.6 cm³/mol. The van der Waals surface area contributed by atoms with E-state index in [2.05, 4.69) is 4.98 Å². The minimum absolute atomic E-state index is 0.688. The van der Waals surface area contributed by atoms with Crippen LogP contribution in [0.1, 0.15) is 37.9 Å². The molecule has 0 amide bonds. The molecule has 1 fully saturated rings. The number of hydrogen-bond donors (Lipinski definition) is 1. The number of halogens is 1. The van der Waals surface area contributed by atoms with Gasteiger partial charge in [0.1, 0.15) is 11.4 Å². The van der Waals surface area contributed by atoms with Crippen molar-refractivity contribution in [2.24, 2.45) is 0 Å². The molecule has 0 bridgehead atoms. The molecule has 0 saturated heterocycles. The lowest BCUT2D eigenvalue weighted by Crippen LogP contribution is -2.31. The Kier molecular flexibility index (Phi) is 3.33. The fraction of sp³-hybridized carbons (Fsp3) is 0.400. The van der Waals surface area contributed by atoms with Crippen LogP contribution in [-0.2, 0) is 5.60 Å². The quantitative estimate of drug-likeness (QED) is 0.909. The zero-order valence-electron chi connectivity index (χ0n) is 10.7. The Hall–Kier alpha value is -1.32. The summed E-state index contributed by atoms with van der Waals surface area (Å²) in [5.41, 5.74) is 0.142. The Morgan fingerprint density at radius 2 is 2.00 bits per heavy atom. The van der Waals surface area contributed by atoms with Gasteiger partial charge < -0.3 is 9.67 Å². The fourth-order valence-electron chi connectivity index (χ4n) is 2.84. The summed E-state index contributed by atoms with van der Waals surface area (Å²) in [6.07, 6.45) is 8.49. The molecule has 1 heterocycles. The SMILES string of the molecule is OC1(c2nccn2-c2cccc(Cl)c2)CCCCC1. The van der Waals surface area contributed by atoms with E-state index < -0.39 is 5.60 Å². The topological polar surface area (TPSA) is 38.1 Å². The van der Waals surface area contributed by atoms with Crippen LogP contribution < -0.4 is 0 Å². The Morgan fingerprint density at radius 1 is 1.21 bits per heavy atom. The molecule has 1 N–H and O–H groups in total. The molecule has 0 unspecified atom stereocenters. The molecule has 1 saturated carbocycles. The summed E-state index contributed by atoms with van der Waals surface area (Å²) in [6.45, 7) is 0. The molecule has 2 aromatic rings. The molecule has 1 aromatic carbocycles. The van der Waals surface area contributed by atoms with Gasteiger partial charge in [0.05, 0.1) is 0 Å². The highest BCUT2D eigenvalue weighted by Gasteiger charge is 2.35. The zero-order chi connectivity index (χ0) is 13.3. The summed E-state index contributed by atoms with van der Waals surface area (Å²) >= 11 is 6.04. The van der Waals surface area contributed by atoms with Crippen molar-refractivity contribution in [3.63, 3.8) is 0 Å². The molecule has 100 valence electrons. The fourth-order valence-corrected chi connectivity index (χ4v) is 3.03. The highest BCUT2D eigenvalue weighted by molar-refractivity contribution is 6.30. The first kappa shape index (κ1) is 12.7. The van der Waals surface area contributed by atoms with Gasteiger partial charge in [-0.3, -0.25) is 0 Å². The van der Waals surface area contributed by atoms with E-state index in [9.17, 15) is 5.11 Å². The standard InChI is InChI=1S/C15H17ClN2O/c16-12-5-4-6-13(11-12)18-10-9-17-14(18)15(19)7-2-1-3-8-15/h4-6,9-11,19H,1-3,7-8H2. The maximum Gasteiger partial charge on any atom is 0.145 e. The van der Waals surface area contributed by atoms with Crippen LogP contribution in [-0.4, -0.2) is 14.7 Å². The van der Waals surface area contributed by atoms with Crippen LogP contribution in [0.4, 0.5) is 0 Å². The van der Waals surface area contributed by atoms with E-state index in [0.29, 0.717) is 5.02 Å². The van der Waals surface area contributed by atoms with Crippen LogP contribution in [0.15, 0.2) is 36.7 Å². The van der Waals surface area contributed by atoms with Crippen molar-refractivity contribution in [1.29, 1.82) is 0 Å². The molecule has 1 aliphatic rings. The van der Waals surface area contributed by atoms with E-state index in [0.717, 1.165) is 37.2 Å². The van der Waals surface area contributed by atoms with Gasteiger partial charge in [-0.15, -0.1) is 0 Å². The summed E-state index contributed by atoms with van der Waals surface area (Å²) < 4.78 is 1.94. The molecule has 3 nitrogen and oxygen atoms in total. The lowest BCUT2D eigenvalue weighted by atomic mass is 9.84. The first-order valence-corrected chi connectivity index (χ1v) is 7.09. The van der Waals surface area contributed by atoms with Crippen LogP contribution in [0.5, 0.6) is 0 Å². The molecule has 1 aromatic heterocycles. The third-order valence-corrected chi connectivity index (χ3v) is 4.06. The van der Waals surface area contributed by atoms with Crippen LogP contribution >= 0.6 is 11.6 Å². The molecule has 19 heavy (non-hydrogen) atoms. The molecular weight excluding hydrogens is 260 g/mol. The highest BCUT2D eigenvalue weighted by atomic mass is 35.5. The largest absolute Gasteiger partial charge is 0.382 e. The number of rotatable bonds is 2. The van der Waals surface area contributed by atoms with Crippen molar-refractivity contribution in [1.82, 2.24) is 9.55 Å². The van der Waals surface area contributed by atoms with Gasteiger partial charge in [-0.1, -0.05) is 36.9 Å². The van der Waals surface area contributed by atoms with Gasteiger partial charge in [-0.25, -0.2) is 4.98 Å². The number of aliphatic hydroxyl groups is 1. The Balaban J connectivity index is 2.03. The summed E-state index contributed by atoms with van der Waals surface area (Å²) in [6, 6.07) is 7.62. The molecule has 1 aliphatic carbocycles. The van der Waals surface area contributed by atoms with Gasteiger partial charge in [0.15, 0.2) is 0 Å². The summed E-state index contributed by atoms with van der Waals surface area (Å²) in [7, 11) is 0. The average Bonchev–Trinajstić information content (AvgIpc) is 2.89. The molecular formula is C15H17ClN2O. The molecule has 0 spiro atoms. The number of hydrogen-bond acceptors (Lipinski definition) is 2. The summed E-state index contributed by atoms with van der Waals surface area (Å²) in [4.78, 5) is 4.39. The summed E-state index contributed by atoms with van der Waals surface area (Å²) in [5, 5.41) is 11.5. The van der Waals surface area contributed by atoms with Gasteiger partial charge in [0.25, 0.3) is 0 Å². The van der Waals surface area contributed by atoms with E-state index in [1.165, 1.54) is 6.42 Å². The molecule has 0 radical (unpaired) electrons. The van der Waals surface area contributed by atoms with Crippen LogP contribution in [0.2, 0.25) is 5.02 Å². The van der Waals surface area contributed by atoms with E-state index in [1.54, 1.807) is 6.20 Å². The third-order valence-electron chi connectivity index (χ3n) is 3.82. The van der Waals surface area contributed by atoms with Crippen LogP contribution in [0, 0.1) is 0 Å². The molecule has 0 aliphatic heterocycles. The molecule has 4 heteroatoms. The smallest absolute Gasteiger partial charge is 0.145 e. The second-order valence-electron chi connectivity index (χ2n) is 5.19. The van der Waals surface area contributed by atoms with Crippen molar-refractivity contribution in [2.75, 3.05) is 0 Å². The van der Waals surface area contributed by atoms with E-state index in [-0.39, 0.29) is 0 Å². The van der Waals surface area contributed by atoms with Crippen LogP contribution in [0.25, 0.3) is 5.69 Å². The molecule has 0 atom stereocenters. The molecule has 3 rings (SSSR count). The average molecular weight is 277 g/mol. The Bertz CT molecular complexity index is 573. The van der Waals surface area contributed by atoms with Crippen molar-refractivity contribution in [3.05, 3.63) is 47.5 Å². The highest BCUT2D eigenvalue weighted by Crippen LogP contribution is 2.37. The zero-order valence-corrected chi connectivity index (χ0v) is 11.5. The van der Waals surface area contributed by atoms with Gasteiger partial charge in [-0.05, 0) is 31.0 Å². The maximum absolute atomic E-state index is 10.8. The van der Waals surface area contributed by atoms with Crippen LogP contribution in [0.3, 0.4) is 0 Å². The van der Waals surface area contributed by atoms with E-state index >= 15 is 0 Å². The van der Waals surface area contributed by atoms with Crippen molar-refractivity contribution in [2.45, 2.75) is 37.7 Å². The monoisotopic (exact) mass is 276 g/mol. The van der Waals surface area contributed by atoms with E-state index in [1.807, 2.05) is 35.0 Å².